The predicted molar refractivity (Wildman–Crippen MR) is 153 cm³/mol. The standard InChI is InChI=1S/C33H33NO7/c1-19-8-5-14-23(35)13-4-2-3-9-21-17-26-29(31(37)28(21)33(39)40-19)24(18-27(36)41-26)25-16-22-11-6-10-20-12-7-15-34(30(20)22)32(25)38/h3,6,9-11,16-17,19,24,37H,2,4-5,7-8,12-15,18H2,1H3/b9-3+/t19-,24+/m1/s1. The maximum atomic E-state index is 13.9. The molecule has 0 saturated carbocycles. The monoisotopic (exact) mass is 555 g/mol. The molecule has 3 aromatic rings. The number of aryl methyl sites for hydroxylation is 2. The third-order valence-electron chi connectivity index (χ3n) is 8.41. The summed E-state index contributed by atoms with van der Waals surface area (Å²) in [4.78, 5) is 52.3. The lowest BCUT2D eigenvalue weighted by Crippen LogP contribution is -2.32. The first-order valence-corrected chi connectivity index (χ1v) is 14.5. The molecule has 0 radical (unpaired) electrons. The molecular weight excluding hydrogens is 522 g/mol. The van der Waals surface area contributed by atoms with E-state index in [2.05, 4.69) is 0 Å². The number of allylic oxidation sites excluding steroid dienone is 1. The van der Waals surface area contributed by atoms with Crippen LogP contribution in [0.25, 0.3) is 17.0 Å². The molecule has 0 aliphatic carbocycles. The molecule has 3 aliphatic rings. The molecule has 0 unspecified atom stereocenters. The van der Waals surface area contributed by atoms with E-state index in [1.54, 1.807) is 23.6 Å². The number of nitrogens with zero attached hydrogens (tertiary/aromatic N) is 1. The molecule has 0 spiro atoms. The number of carbonyl (C=O) groups is 3. The lowest BCUT2D eigenvalue weighted by molar-refractivity contribution is -0.135. The van der Waals surface area contributed by atoms with Crippen LogP contribution in [0.5, 0.6) is 11.5 Å². The van der Waals surface area contributed by atoms with Crippen LogP contribution >= 0.6 is 0 Å². The second-order valence-corrected chi connectivity index (χ2v) is 11.3. The average molecular weight is 556 g/mol. The van der Waals surface area contributed by atoms with Gasteiger partial charge >= 0.3 is 11.9 Å². The average Bonchev–Trinajstić information content (AvgIpc) is 2.93. The van der Waals surface area contributed by atoms with Crippen LogP contribution in [0.3, 0.4) is 0 Å². The fraction of sp³-hybridized carbons (Fsp3) is 0.394. The molecule has 41 heavy (non-hydrogen) atoms. The number of aromatic hydroxyl groups is 1. The molecule has 0 amide bonds. The Bertz CT molecular complexity index is 1660. The largest absolute Gasteiger partial charge is 0.507 e. The van der Waals surface area contributed by atoms with E-state index in [0.717, 1.165) is 29.3 Å². The van der Waals surface area contributed by atoms with Gasteiger partial charge in [0.1, 0.15) is 22.8 Å². The number of Topliss-reactive ketones (excluding diaryl/α,β-unsaturated/α-hetero) is 1. The van der Waals surface area contributed by atoms with Gasteiger partial charge in [0.25, 0.3) is 5.56 Å². The van der Waals surface area contributed by atoms with E-state index >= 15 is 0 Å². The van der Waals surface area contributed by atoms with Gasteiger partial charge in [-0.2, -0.15) is 0 Å². The number of phenols is 1. The number of phenolic OH excluding ortho intramolecular Hbond substituents is 1. The van der Waals surface area contributed by atoms with Gasteiger partial charge in [0.2, 0.25) is 0 Å². The van der Waals surface area contributed by atoms with Crippen molar-refractivity contribution in [2.75, 3.05) is 0 Å². The molecule has 2 atom stereocenters. The second kappa shape index (κ2) is 11.0. The number of ether oxygens (including phenoxy) is 2. The lowest BCUT2D eigenvalue weighted by Gasteiger charge is -2.28. The van der Waals surface area contributed by atoms with Crippen LogP contribution in [0.15, 0.2) is 41.2 Å². The summed E-state index contributed by atoms with van der Waals surface area (Å²) in [5.41, 5.74) is 2.77. The summed E-state index contributed by atoms with van der Waals surface area (Å²) in [5, 5.41) is 12.6. The van der Waals surface area contributed by atoms with Gasteiger partial charge < -0.3 is 19.1 Å². The summed E-state index contributed by atoms with van der Waals surface area (Å²) in [6, 6.07) is 9.32. The number of fused-ring (bicyclic) bond motifs is 2. The van der Waals surface area contributed by atoms with Crippen molar-refractivity contribution in [3.8, 4) is 11.5 Å². The quantitative estimate of drug-likeness (QED) is 0.308. The van der Waals surface area contributed by atoms with Gasteiger partial charge in [0, 0.05) is 36.4 Å². The smallest absolute Gasteiger partial charge is 0.342 e. The summed E-state index contributed by atoms with van der Waals surface area (Å²) in [6.45, 7) is 2.33. The number of aromatic nitrogens is 1. The summed E-state index contributed by atoms with van der Waals surface area (Å²) < 4.78 is 13.1. The van der Waals surface area contributed by atoms with Gasteiger partial charge in [-0.05, 0) is 74.1 Å². The number of carbonyl (C=O) groups excluding carboxylic acids is 3. The van der Waals surface area contributed by atoms with E-state index in [1.807, 2.05) is 30.3 Å². The number of ketones is 1. The van der Waals surface area contributed by atoms with E-state index in [4.69, 9.17) is 9.47 Å². The first-order chi connectivity index (χ1) is 19.8. The Kier molecular flexibility index (Phi) is 7.24. The number of hydrogen-bond donors (Lipinski definition) is 1. The van der Waals surface area contributed by atoms with Crippen molar-refractivity contribution in [3.05, 3.63) is 74.6 Å². The fourth-order valence-corrected chi connectivity index (χ4v) is 6.42. The van der Waals surface area contributed by atoms with Gasteiger partial charge in [0.05, 0.1) is 18.0 Å². The number of benzene rings is 2. The minimum Gasteiger partial charge on any atom is -0.507 e. The predicted octanol–water partition coefficient (Wildman–Crippen LogP) is 5.58. The van der Waals surface area contributed by atoms with E-state index in [9.17, 15) is 24.3 Å². The zero-order valence-corrected chi connectivity index (χ0v) is 23.1. The number of esters is 2. The van der Waals surface area contributed by atoms with Gasteiger partial charge in [-0.25, -0.2) is 4.79 Å². The molecule has 212 valence electrons. The Morgan fingerprint density at radius 1 is 1.00 bits per heavy atom. The molecule has 3 aliphatic heterocycles. The molecule has 6 rings (SSSR count). The number of cyclic esters (lactones) is 1. The first kappa shape index (κ1) is 27.0. The van der Waals surface area contributed by atoms with Crippen molar-refractivity contribution in [3.63, 3.8) is 0 Å². The van der Waals surface area contributed by atoms with E-state index < -0.39 is 24.0 Å². The molecule has 1 N–H and O–H groups in total. The second-order valence-electron chi connectivity index (χ2n) is 11.3. The van der Waals surface area contributed by atoms with E-state index in [1.165, 1.54) is 0 Å². The van der Waals surface area contributed by atoms with Crippen molar-refractivity contribution < 1.29 is 29.0 Å². The van der Waals surface area contributed by atoms with Gasteiger partial charge in [-0.1, -0.05) is 30.4 Å². The number of para-hydroxylation sites is 1. The van der Waals surface area contributed by atoms with Gasteiger partial charge in [-0.3, -0.25) is 14.4 Å². The maximum absolute atomic E-state index is 13.9. The molecule has 0 saturated heterocycles. The SMILES string of the molecule is C[C@@H]1CCCC(=O)CCC/C=C/c2cc3c(c(O)c2C(=O)O1)[C@H](c1cc2cccc4c2n(c1=O)CCC4)CC(=O)O3. The van der Waals surface area contributed by atoms with Crippen molar-refractivity contribution in [2.45, 2.75) is 83.3 Å². The fourth-order valence-electron chi connectivity index (χ4n) is 6.42. The number of hydrogen-bond acceptors (Lipinski definition) is 7. The molecule has 1 aromatic heterocycles. The Morgan fingerprint density at radius 3 is 2.68 bits per heavy atom. The van der Waals surface area contributed by atoms with Crippen LogP contribution in [0.4, 0.5) is 0 Å². The van der Waals surface area contributed by atoms with Crippen LogP contribution in [0.2, 0.25) is 0 Å². The minimum absolute atomic E-state index is 0.0209. The summed E-state index contributed by atoms with van der Waals surface area (Å²) in [7, 11) is 0. The van der Waals surface area contributed by atoms with Gasteiger partial charge in [0.15, 0.2) is 0 Å². The Balaban J connectivity index is 1.50. The van der Waals surface area contributed by atoms with Crippen LogP contribution in [0, 0.1) is 0 Å². The summed E-state index contributed by atoms with van der Waals surface area (Å²) in [5.74, 6) is -2.05. The molecule has 8 nitrogen and oxygen atoms in total. The van der Waals surface area contributed by atoms with E-state index in [-0.39, 0.29) is 40.4 Å². The van der Waals surface area contributed by atoms with Gasteiger partial charge in [-0.15, -0.1) is 0 Å². The van der Waals surface area contributed by atoms with Crippen LogP contribution in [-0.4, -0.2) is 33.5 Å². The first-order valence-electron chi connectivity index (χ1n) is 14.5. The molecule has 0 bridgehead atoms. The zero-order chi connectivity index (χ0) is 28.7. The highest BCUT2D eigenvalue weighted by atomic mass is 16.5. The number of rotatable bonds is 1. The Labute approximate surface area is 237 Å². The third-order valence-corrected chi connectivity index (χ3v) is 8.41. The topological polar surface area (TPSA) is 112 Å². The highest BCUT2D eigenvalue weighted by Crippen LogP contribution is 2.47. The summed E-state index contributed by atoms with van der Waals surface area (Å²) in [6.07, 6.45) is 7.97. The molecule has 8 heteroatoms. The third kappa shape index (κ3) is 5.07. The zero-order valence-electron chi connectivity index (χ0n) is 23.1. The van der Waals surface area contributed by atoms with Crippen LogP contribution in [-0.2, 0) is 27.3 Å². The lowest BCUT2D eigenvalue weighted by atomic mass is 9.83. The van der Waals surface area contributed by atoms with Crippen molar-refractivity contribution in [2.24, 2.45) is 0 Å². The molecule has 0 fully saturated rings. The maximum Gasteiger partial charge on any atom is 0.342 e. The van der Waals surface area contributed by atoms with Crippen LogP contribution in [0.1, 0.15) is 96.8 Å². The van der Waals surface area contributed by atoms with Crippen molar-refractivity contribution in [1.82, 2.24) is 4.57 Å². The minimum atomic E-state index is -0.795. The van der Waals surface area contributed by atoms with Crippen molar-refractivity contribution >= 4 is 34.7 Å². The Morgan fingerprint density at radius 2 is 1.83 bits per heavy atom. The van der Waals surface area contributed by atoms with Crippen LogP contribution < -0.4 is 10.3 Å². The highest BCUT2D eigenvalue weighted by Gasteiger charge is 2.37. The molecular formula is C33H33NO7. The normalized spacial score (nSPS) is 22.2. The Hall–Kier alpha value is -4.20. The summed E-state index contributed by atoms with van der Waals surface area (Å²) >= 11 is 0. The highest BCUT2D eigenvalue weighted by molar-refractivity contribution is 5.99. The molecule has 4 heterocycles. The molecule has 2 aromatic carbocycles. The van der Waals surface area contributed by atoms with Crippen molar-refractivity contribution in [1.29, 1.82) is 0 Å². The number of pyridine rings is 1. The van der Waals surface area contributed by atoms with E-state index in [0.29, 0.717) is 56.2 Å².